The highest BCUT2D eigenvalue weighted by atomic mass is 16.6. The lowest BCUT2D eigenvalue weighted by Crippen LogP contribution is -2.50. The van der Waals surface area contributed by atoms with Gasteiger partial charge in [-0.05, 0) is 30.3 Å². The van der Waals surface area contributed by atoms with Crippen LogP contribution in [-0.2, 0) is 4.79 Å². The molecule has 0 atom stereocenters. The third-order valence-electron chi connectivity index (χ3n) is 4.78. The van der Waals surface area contributed by atoms with Crippen LogP contribution in [0, 0.1) is 10.1 Å². The quantitative estimate of drug-likeness (QED) is 0.519. The lowest BCUT2D eigenvalue weighted by molar-refractivity contribution is -0.385. The van der Waals surface area contributed by atoms with E-state index in [0.717, 1.165) is 24.5 Å². The molecule has 0 aromatic heterocycles. The van der Waals surface area contributed by atoms with Crippen molar-refractivity contribution in [3.05, 3.63) is 52.6 Å². The molecule has 154 valence electrons. The largest absolute Gasteiger partial charge is 0.497 e. The number of methoxy groups -OCH3 is 2. The van der Waals surface area contributed by atoms with E-state index in [9.17, 15) is 14.9 Å². The minimum atomic E-state index is -0.532. The number of rotatable bonds is 7. The van der Waals surface area contributed by atoms with Crippen molar-refractivity contribution >= 4 is 17.3 Å². The molecule has 0 saturated carbocycles. The molecule has 3 rings (SSSR count). The number of nitro groups is 1. The molecule has 9 nitrogen and oxygen atoms in total. The molecule has 0 bridgehead atoms. The summed E-state index contributed by atoms with van der Waals surface area (Å²) in [7, 11) is 2.98. The van der Waals surface area contributed by atoms with Gasteiger partial charge in [0.25, 0.3) is 5.91 Å². The zero-order valence-corrected chi connectivity index (χ0v) is 16.4. The summed E-state index contributed by atoms with van der Waals surface area (Å²) in [5.41, 5.74) is 0.938. The number of carbonyl (C=O) groups is 1. The molecule has 1 saturated heterocycles. The Bertz CT molecular complexity index is 863. The maximum absolute atomic E-state index is 12.5. The molecule has 2 aromatic carbocycles. The van der Waals surface area contributed by atoms with E-state index >= 15 is 0 Å². The third-order valence-corrected chi connectivity index (χ3v) is 4.78. The van der Waals surface area contributed by atoms with Crippen molar-refractivity contribution in [2.24, 2.45) is 0 Å². The number of carbonyl (C=O) groups excluding carboxylic acids is 1. The van der Waals surface area contributed by atoms with E-state index in [2.05, 4.69) is 4.90 Å². The Hall–Kier alpha value is -3.49. The second kappa shape index (κ2) is 9.13. The average Bonchev–Trinajstić information content (AvgIpc) is 2.77. The van der Waals surface area contributed by atoms with Gasteiger partial charge >= 0.3 is 5.69 Å². The number of piperazine rings is 1. The second-order valence-corrected chi connectivity index (χ2v) is 6.45. The summed E-state index contributed by atoms with van der Waals surface area (Å²) < 4.78 is 15.7. The fourth-order valence-electron chi connectivity index (χ4n) is 3.14. The van der Waals surface area contributed by atoms with Gasteiger partial charge in [-0.3, -0.25) is 14.9 Å². The number of hydrogen-bond acceptors (Lipinski definition) is 7. The van der Waals surface area contributed by atoms with Gasteiger partial charge in [0.05, 0.1) is 19.1 Å². The van der Waals surface area contributed by atoms with Crippen LogP contribution in [0.5, 0.6) is 17.2 Å². The van der Waals surface area contributed by atoms with E-state index in [0.29, 0.717) is 18.8 Å². The van der Waals surface area contributed by atoms with Crippen LogP contribution in [0.25, 0.3) is 0 Å². The van der Waals surface area contributed by atoms with Gasteiger partial charge < -0.3 is 24.0 Å². The summed E-state index contributed by atoms with van der Waals surface area (Å²) in [6.07, 6.45) is 0. The first-order valence-electron chi connectivity index (χ1n) is 9.14. The van der Waals surface area contributed by atoms with Crippen molar-refractivity contribution in [1.29, 1.82) is 0 Å². The molecule has 2 aromatic rings. The van der Waals surface area contributed by atoms with Crippen molar-refractivity contribution in [3.8, 4) is 17.2 Å². The summed E-state index contributed by atoms with van der Waals surface area (Å²) in [6.45, 7) is 2.51. The van der Waals surface area contributed by atoms with Crippen LogP contribution < -0.4 is 19.1 Å². The van der Waals surface area contributed by atoms with Gasteiger partial charge in [0.1, 0.15) is 11.5 Å². The number of nitrogens with zero attached hydrogens (tertiary/aromatic N) is 3. The molecule has 0 spiro atoms. The molecule has 0 unspecified atom stereocenters. The Morgan fingerprint density at radius 3 is 2.24 bits per heavy atom. The highest BCUT2D eigenvalue weighted by Crippen LogP contribution is 2.30. The topological polar surface area (TPSA) is 94.4 Å². The average molecular weight is 401 g/mol. The van der Waals surface area contributed by atoms with Gasteiger partial charge in [-0.2, -0.15) is 0 Å². The first-order chi connectivity index (χ1) is 14.0. The van der Waals surface area contributed by atoms with Crippen LogP contribution in [0.1, 0.15) is 0 Å². The SMILES string of the molecule is COc1ccc(N2CCN(C(=O)COc3ccc([N+](=O)[O-])c(OC)c3)CC2)cc1. The Balaban J connectivity index is 1.51. The molecule has 0 N–H and O–H groups in total. The molecule has 0 radical (unpaired) electrons. The third kappa shape index (κ3) is 4.87. The van der Waals surface area contributed by atoms with E-state index in [1.165, 1.54) is 25.3 Å². The summed E-state index contributed by atoms with van der Waals surface area (Å²) in [6, 6.07) is 12.0. The lowest BCUT2D eigenvalue weighted by atomic mass is 10.2. The first kappa shape index (κ1) is 20.2. The maximum Gasteiger partial charge on any atom is 0.311 e. The van der Waals surface area contributed by atoms with Crippen molar-refractivity contribution in [3.63, 3.8) is 0 Å². The van der Waals surface area contributed by atoms with Crippen LogP contribution >= 0.6 is 0 Å². The molecule has 9 heteroatoms. The zero-order valence-electron chi connectivity index (χ0n) is 16.4. The lowest BCUT2D eigenvalue weighted by Gasteiger charge is -2.36. The van der Waals surface area contributed by atoms with Gasteiger partial charge in [-0.1, -0.05) is 0 Å². The van der Waals surface area contributed by atoms with Crippen LogP contribution in [0.3, 0.4) is 0 Å². The molecular weight excluding hydrogens is 378 g/mol. The Labute approximate surface area is 168 Å². The smallest absolute Gasteiger partial charge is 0.311 e. The fraction of sp³-hybridized carbons (Fsp3) is 0.350. The number of hydrogen-bond donors (Lipinski definition) is 0. The molecule has 29 heavy (non-hydrogen) atoms. The van der Waals surface area contributed by atoms with E-state index in [4.69, 9.17) is 14.2 Å². The fourth-order valence-corrected chi connectivity index (χ4v) is 3.14. The number of anilines is 1. The van der Waals surface area contributed by atoms with E-state index in [-0.39, 0.29) is 24.0 Å². The van der Waals surface area contributed by atoms with E-state index in [1.807, 2.05) is 24.3 Å². The molecular formula is C20H23N3O6. The predicted octanol–water partition coefficient (Wildman–Crippen LogP) is 2.34. The maximum atomic E-state index is 12.5. The standard InChI is InChI=1S/C20H23N3O6/c1-27-16-5-3-15(4-6-16)21-9-11-22(12-10-21)20(24)14-29-17-7-8-18(23(25)26)19(13-17)28-2/h3-8,13H,9-12,14H2,1-2H3. The highest BCUT2D eigenvalue weighted by molar-refractivity contribution is 5.78. The highest BCUT2D eigenvalue weighted by Gasteiger charge is 2.22. The Morgan fingerprint density at radius 2 is 1.66 bits per heavy atom. The number of benzene rings is 2. The Morgan fingerprint density at radius 1 is 1.00 bits per heavy atom. The molecule has 1 amide bonds. The normalized spacial score (nSPS) is 13.7. The molecule has 0 aliphatic carbocycles. The van der Waals surface area contributed by atoms with Crippen LogP contribution in [-0.4, -0.2) is 62.7 Å². The van der Waals surface area contributed by atoms with E-state index in [1.54, 1.807) is 12.0 Å². The summed E-state index contributed by atoms with van der Waals surface area (Å²) >= 11 is 0. The molecule has 1 fully saturated rings. The monoisotopic (exact) mass is 401 g/mol. The van der Waals surface area contributed by atoms with Crippen molar-refractivity contribution in [2.45, 2.75) is 0 Å². The first-order valence-corrected chi connectivity index (χ1v) is 9.14. The second-order valence-electron chi connectivity index (χ2n) is 6.45. The number of amides is 1. The molecule has 1 aliphatic rings. The van der Waals surface area contributed by atoms with Gasteiger partial charge in [0, 0.05) is 44.0 Å². The van der Waals surface area contributed by atoms with Gasteiger partial charge in [-0.15, -0.1) is 0 Å². The van der Waals surface area contributed by atoms with Crippen molar-refractivity contribution in [2.75, 3.05) is 51.9 Å². The minimum Gasteiger partial charge on any atom is -0.497 e. The summed E-state index contributed by atoms with van der Waals surface area (Å²) in [5, 5.41) is 10.9. The minimum absolute atomic E-state index is 0.0908. The number of ether oxygens (including phenoxy) is 3. The van der Waals surface area contributed by atoms with Crippen molar-refractivity contribution in [1.82, 2.24) is 4.90 Å². The predicted molar refractivity (Wildman–Crippen MR) is 107 cm³/mol. The van der Waals surface area contributed by atoms with Gasteiger partial charge in [-0.25, -0.2) is 0 Å². The van der Waals surface area contributed by atoms with Gasteiger partial charge in [0.15, 0.2) is 6.61 Å². The van der Waals surface area contributed by atoms with E-state index < -0.39 is 4.92 Å². The number of nitro benzene ring substituents is 1. The van der Waals surface area contributed by atoms with Crippen molar-refractivity contribution < 1.29 is 23.9 Å². The molecule has 1 heterocycles. The van der Waals surface area contributed by atoms with Crippen LogP contribution in [0.15, 0.2) is 42.5 Å². The summed E-state index contributed by atoms with van der Waals surface area (Å²) in [5.74, 6) is 1.12. The zero-order chi connectivity index (χ0) is 20.8. The Kier molecular flexibility index (Phi) is 6.38. The van der Waals surface area contributed by atoms with Crippen LogP contribution in [0.4, 0.5) is 11.4 Å². The van der Waals surface area contributed by atoms with Crippen LogP contribution in [0.2, 0.25) is 0 Å². The molecule has 1 aliphatic heterocycles. The van der Waals surface area contributed by atoms with Gasteiger partial charge in [0.2, 0.25) is 5.75 Å². The summed E-state index contributed by atoms with van der Waals surface area (Å²) in [4.78, 5) is 26.8.